The van der Waals surface area contributed by atoms with Crippen molar-refractivity contribution in [3.8, 4) is 0 Å². The molecule has 0 aliphatic carbocycles. The molecule has 0 aliphatic heterocycles. The third-order valence-electron chi connectivity index (χ3n) is 2.71. The van der Waals surface area contributed by atoms with Crippen molar-refractivity contribution in [2.45, 2.75) is 13.0 Å². The second-order valence-electron chi connectivity index (χ2n) is 4.24. The lowest BCUT2D eigenvalue weighted by atomic mass is 10.1. The second-order valence-corrected chi connectivity index (χ2v) is 4.67. The van der Waals surface area contributed by atoms with Crippen molar-refractivity contribution in [1.82, 2.24) is 15.1 Å². The number of aromatic nitrogens is 2. The number of rotatable bonds is 5. The van der Waals surface area contributed by atoms with E-state index in [4.69, 9.17) is 11.6 Å². The van der Waals surface area contributed by atoms with Crippen molar-refractivity contribution in [2.75, 3.05) is 6.54 Å². The molecule has 0 saturated carbocycles. The van der Waals surface area contributed by atoms with Gasteiger partial charge in [-0.1, -0.05) is 23.7 Å². The summed E-state index contributed by atoms with van der Waals surface area (Å²) in [6.45, 7) is 0.718. The number of amides is 1. The number of benzene rings is 1. The van der Waals surface area contributed by atoms with Crippen LogP contribution >= 0.6 is 11.6 Å². The van der Waals surface area contributed by atoms with Gasteiger partial charge in [0.1, 0.15) is 0 Å². The highest BCUT2D eigenvalue weighted by Crippen LogP contribution is 2.09. The maximum atomic E-state index is 11.7. The molecule has 1 N–H and O–H groups in total. The zero-order valence-corrected chi connectivity index (χ0v) is 11.5. The van der Waals surface area contributed by atoms with E-state index >= 15 is 0 Å². The molecule has 0 radical (unpaired) electrons. The molecule has 0 bridgehead atoms. The van der Waals surface area contributed by atoms with Crippen molar-refractivity contribution in [3.05, 3.63) is 63.5 Å². The molecule has 0 atom stereocenters. The molecule has 0 aliphatic rings. The van der Waals surface area contributed by atoms with Crippen molar-refractivity contribution < 1.29 is 4.79 Å². The number of nitrogens with one attached hydrogen (secondary N) is 1. The normalized spacial score (nSPS) is 10.2. The van der Waals surface area contributed by atoms with E-state index in [0.29, 0.717) is 18.1 Å². The van der Waals surface area contributed by atoms with Gasteiger partial charge in [0.25, 0.3) is 5.56 Å². The Balaban J connectivity index is 1.80. The molecule has 1 aromatic heterocycles. The fourth-order valence-electron chi connectivity index (χ4n) is 1.71. The maximum absolute atomic E-state index is 11.7. The van der Waals surface area contributed by atoms with Crippen LogP contribution in [0.15, 0.2) is 47.4 Å². The molecule has 2 aromatic rings. The van der Waals surface area contributed by atoms with Crippen LogP contribution in [-0.4, -0.2) is 22.2 Å². The largest absolute Gasteiger partial charge is 0.354 e. The van der Waals surface area contributed by atoms with Crippen molar-refractivity contribution >= 4 is 17.5 Å². The maximum Gasteiger partial charge on any atom is 0.266 e. The lowest BCUT2D eigenvalue weighted by molar-refractivity contribution is -0.120. The van der Waals surface area contributed by atoms with Crippen LogP contribution in [0.2, 0.25) is 5.02 Å². The van der Waals surface area contributed by atoms with Crippen LogP contribution in [0, 0.1) is 0 Å². The summed E-state index contributed by atoms with van der Waals surface area (Å²) >= 11 is 5.77. The highest BCUT2D eigenvalue weighted by molar-refractivity contribution is 6.30. The molecule has 6 heteroatoms. The first-order chi connectivity index (χ1) is 9.65. The molecular weight excluding hydrogens is 278 g/mol. The molecule has 1 aromatic carbocycles. The van der Waals surface area contributed by atoms with Gasteiger partial charge in [-0.05, 0) is 23.8 Å². The Kier molecular flexibility index (Phi) is 4.90. The van der Waals surface area contributed by atoms with Crippen LogP contribution in [0.5, 0.6) is 0 Å². The second kappa shape index (κ2) is 6.86. The molecule has 20 heavy (non-hydrogen) atoms. The first-order valence-electron chi connectivity index (χ1n) is 6.18. The minimum Gasteiger partial charge on any atom is -0.354 e. The van der Waals surface area contributed by atoms with E-state index in [0.717, 1.165) is 5.56 Å². The van der Waals surface area contributed by atoms with Gasteiger partial charge in [-0.3, -0.25) is 9.59 Å². The van der Waals surface area contributed by atoms with Gasteiger partial charge >= 0.3 is 0 Å². The monoisotopic (exact) mass is 291 g/mol. The van der Waals surface area contributed by atoms with E-state index in [9.17, 15) is 9.59 Å². The summed E-state index contributed by atoms with van der Waals surface area (Å²) in [5.74, 6) is -0.101. The molecule has 2 rings (SSSR count). The Morgan fingerprint density at radius 3 is 2.70 bits per heavy atom. The summed E-state index contributed by atoms with van der Waals surface area (Å²) in [4.78, 5) is 23.1. The first-order valence-corrected chi connectivity index (χ1v) is 6.56. The zero-order valence-electron chi connectivity index (χ0n) is 10.8. The fourth-order valence-corrected chi connectivity index (χ4v) is 1.83. The number of carbonyl (C=O) groups excluding carboxylic acids is 1. The quantitative estimate of drug-likeness (QED) is 0.902. The minimum atomic E-state index is -0.181. The van der Waals surface area contributed by atoms with Gasteiger partial charge in [0, 0.05) is 23.8 Å². The third-order valence-corrected chi connectivity index (χ3v) is 2.96. The number of nitrogens with zero attached hydrogens (tertiary/aromatic N) is 2. The number of carbonyl (C=O) groups is 1. The SMILES string of the molecule is O=C(Cc1ccc(Cl)cc1)NCCn1ncccc1=O. The van der Waals surface area contributed by atoms with Gasteiger partial charge in [-0.2, -0.15) is 5.10 Å². The Hall–Kier alpha value is -2.14. The molecule has 0 spiro atoms. The van der Waals surface area contributed by atoms with E-state index in [2.05, 4.69) is 10.4 Å². The van der Waals surface area contributed by atoms with Gasteiger partial charge in [-0.25, -0.2) is 4.68 Å². The average molecular weight is 292 g/mol. The van der Waals surface area contributed by atoms with E-state index in [1.165, 1.54) is 16.9 Å². The zero-order chi connectivity index (χ0) is 14.4. The molecule has 0 unspecified atom stereocenters. The lowest BCUT2D eigenvalue weighted by Crippen LogP contribution is -2.32. The first kappa shape index (κ1) is 14.3. The van der Waals surface area contributed by atoms with Crippen LogP contribution in [0.3, 0.4) is 0 Å². The van der Waals surface area contributed by atoms with Crippen molar-refractivity contribution in [3.63, 3.8) is 0 Å². The van der Waals surface area contributed by atoms with Crippen LogP contribution in [0.25, 0.3) is 0 Å². The van der Waals surface area contributed by atoms with Gasteiger partial charge in [0.2, 0.25) is 5.91 Å². The number of hydrogen-bond acceptors (Lipinski definition) is 3. The molecule has 104 valence electrons. The molecule has 5 nitrogen and oxygen atoms in total. The number of halogens is 1. The van der Waals surface area contributed by atoms with E-state index in [1.807, 2.05) is 12.1 Å². The predicted molar refractivity (Wildman–Crippen MR) is 76.7 cm³/mol. The number of hydrogen-bond donors (Lipinski definition) is 1. The standard InChI is InChI=1S/C14H14ClN3O2/c15-12-5-3-11(4-6-12)10-13(19)16-8-9-18-14(20)2-1-7-17-18/h1-7H,8-10H2,(H,16,19). The van der Waals surface area contributed by atoms with Crippen LogP contribution in [0.4, 0.5) is 0 Å². The predicted octanol–water partition coefficient (Wildman–Crippen LogP) is 1.26. The summed E-state index contributed by atoms with van der Waals surface area (Å²) in [5.41, 5.74) is 0.710. The summed E-state index contributed by atoms with van der Waals surface area (Å²) in [6.07, 6.45) is 1.82. The van der Waals surface area contributed by atoms with Crippen molar-refractivity contribution in [1.29, 1.82) is 0 Å². The van der Waals surface area contributed by atoms with Crippen LogP contribution < -0.4 is 10.9 Å². The molecule has 0 saturated heterocycles. The average Bonchev–Trinajstić information content (AvgIpc) is 2.43. The van der Waals surface area contributed by atoms with Crippen LogP contribution in [-0.2, 0) is 17.8 Å². The van der Waals surface area contributed by atoms with Gasteiger partial charge < -0.3 is 5.32 Å². The highest BCUT2D eigenvalue weighted by atomic mass is 35.5. The minimum absolute atomic E-state index is 0.101. The lowest BCUT2D eigenvalue weighted by Gasteiger charge is -2.06. The van der Waals surface area contributed by atoms with Crippen molar-refractivity contribution in [2.24, 2.45) is 0 Å². The Bertz CT molecular complexity index is 637. The van der Waals surface area contributed by atoms with E-state index in [1.54, 1.807) is 18.2 Å². The molecular formula is C14H14ClN3O2. The summed E-state index contributed by atoms with van der Waals surface area (Å²) in [6, 6.07) is 10.1. The highest BCUT2D eigenvalue weighted by Gasteiger charge is 2.03. The van der Waals surface area contributed by atoms with E-state index < -0.39 is 0 Å². The molecule has 1 amide bonds. The topological polar surface area (TPSA) is 64.0 Å². The van der Waals surface area contributed by atoms with Gasteiger partial charge in [0.05, 0.1) is 13.0 Å². The molecule has 1 heterocycles. The summed E-state index contributed by atoms with van der Waals surface area (Å²) in [5, 5.41) is 7.30. The third kappa shape index (κ3) is 4.20. The van der Waals surface area contributed by atoms with Crippen LogP contribution in [0.1, 0.15) is 5.56 Å². The fraction of sp³-hybridized carbons (Fsp3) is 0.214. The Morgan fingerprint density at radius 1 is 1.25 bits per heavy atom. The summed E-state index contributed by atoms with van der Waals surface area (Å²) in [7, 11) is 0. The Labute approximate surface area is 121 Å². The van der Waals surface area contributed by atoms with Gasteiger partial charge in [-0.15, -0.1) is 0 Å². The molecule has 0 fully saturated rings. The Morgan fingerprint density at radius 2 is 2.00 bits per heavy atom. The van der Waals surface area contributed by atoms with E-state index in [-0.39, 0.29) is 17.9 Å². The van der Waals surface area contributed by atoms with Gasteiger partial charge in [0.15, 0.2) is 0 Å². The smallest absolute Gasteiger partial charge is 0.266 e. The summed E-state index contributed by atoms with van der Waals surface area (Å²) < 4.78 is 1.31.